The summed E-state index contributed by atoms with van der Waals surface area (Å²) in [6.07, 6.45) is 65.3. The van der Waals surface area contributed by atoms with Crippen LogP contribution in [0.3, 0.4) is 0 Å². The molecular weight excluding hydrogens is 865 g/mol. The molecule has 1 atom stereocenters. The molecule has 0 bridgehead atoms. The predicted molar refractivity (Wildman–Crippen MR) is 303 cm³/mol. The Hall–Kier alpha value is -1.59. The van der Waals surface area contributed by atoms with E-state index >= 15 is 0 Å². The summed E-state index contributed by atoms with van der Waals surface area (Å²) < 4.78 is 17.0. The molecule has 416 valence electrons. The Labute approximate surface area is 438 Å². The minimum atomic E-state index is -0.763. The number of unbranched alkanes of at least 4 members (excludes halogenated alkanes) is 46. The molecule has 0 saturated carbocycles. The van der Waals surface area contributed by atoms with E-state index in [-0.39, 0.29) is 31.1 Å². The number of carbonyl (C=O) groups excluding carboxylic acids is 3. The second-order valence-electron chi connectivity index (χ2n) is 22.5. The summed E-state index contributed by atoms with van der Waals surface area (Å²) in [6, 6.07) is 0. The smallest absolute Gasteiger partial charge is 0.306 e. The zero-order valence-electron chi connectivity index (χ0n) is 48.0. The van der Waals surface area contributed by atoms with Gasteiger partial charge in [0.05, 0.1) is 0 Å². The van der Waals surface area contributed by atoms with Gasteiger partial charge in [0.25, 0.3) is 0 Å². The second-order valence-corrected chi connectivity index (χ2v) is 22.5. The number of carbonyl (C=O) groups is 3. The molecule has 0 aromatic carbocycles. The SMILES string of the molecule is CCCCCCCCCCCCCCCCCCCCC(=O)O[C@@H](COC(=O)CCCCCCCCCCCCCCCCC)COC(=O)CCCCCCCCCCCCCCCCCCC(C)C. The number of ether oxygens (including phenoxy) is 3. The molecule has 70 heavy (non-hydrogen) atoms. The number of esters is 3. The van der Waals surface area contributed by atoms with Crippen LogP contribution in [0.5, 0.6) is 0 Å². The normalized spacial score (nSPS) is 12.0. The maximum atomic E-state index is 12.9. The van der Waals surface area contributed by atoms with Crippen molar-refractivity contribution in [2.24, 2.45) is 5.92 Å². The van der Waals surface area contributed by atoms with E-state index < -0.39 is 6.10 Å². The average molecular weight is 990 g/mol. The lowest BCUT2D eigenvalue weighted by Gasteiger charge is -2.18. The summed E-state index contributed by atoms with van der Waals surface area (Å²) in [5.74, 6) is 0.0258. The van der Waals surface area contributed by atoms with E-state index in [9.17, 15) is 14.4 Å². The van der Waals surface area contributed by atoms with E-state index in [0.29, 0.717) is 19.3 Å². The molecule has 0 saturated heterocycles. The van der Waals surface area contributed by atoms with Gasteiger partial charge in [-0.1, -0.05) is 329 Å². The Bertz CT molecular complexity index is 1060. The van der Waals surface area contributed by atoms with Crippen molar-refractivity contribution in [2.45, 2.75) is 374 Å². The Morgan fingerprint density at radius 1 is 0.271 bits per heavy atom. The molecule has 0 fully saturated rings. The van der Waals surface area contributed by atoms with Crippen molar-refractivity contribution in [1.29, 1.82) is 0 Å². The van der Waals surface area contributed by atoms with E-state index in [1.165, 1.54) is 263 Å². The van der Waals surface area contributed by atoms with Crippen molar-refractivity contribution >= 4 is 17.9 Å². The molecule has 0 rings (SSSR count). The molecule has 0 aromatic rings. The summed E-state index contributed by atoms with van der Waals surface area (Å²) in [7, 11) is 0. The highest BCUT2D eigenvalue weighted by Gasteiger charge is 2.19. The molecule has 0 aliphatic rings. The lowest BCUT2D eigenvalue weighted by molar-refractivity contribution is -0.167. The quantitative estimate of drug-likeness (QED) is 0.0343. The number of hydrogen-bond acceptors (Lipinski definition) is 6. The third-order valence-electron chi connectivity index (χ3n) is 14.8. The van der Waals surface area contributed by atoms with Crippen molar-refractivity contribution in [3.05, 3.63) is 0 Å². The molecule has 0 spiro atoms. The van der Waals surface area contributed by atoms with Crippen molar-refractivity contribution in [3.63, 3.8) is 0 Å². The number of rotatable bonds is 59. The van der Waals surface area contributed by atoms with Crippen molar-refractivity contribution in [2.75, 3.05) is 13.2 Å². The molecule has 6 nitrogen and oxygen atoms in total. The van der Waals surface area contributed by atoms with Gasteiger partial charge in [-0.2, -0.15) is 0 Å². The van der Waals surface area contributed by atoms with E-state index in [0.717, 1.165) is 63.7 Å². The zero-order valence-corrected chi connectivity index (χ0v) is 48.0. The van der Waals surface area contributed by atoms with Crippen LogP contribution in [-0.4, -0.2) is 37.2 Å². The molecular formula is C64H124O6. The van der Waals surface area contributed by atoms with Crippen LogP contribution in [0.25, 0.3) is 0 Å². The molecule has 0 unspecified atom stereocenters. The van der Waals surface area contributed by atoms with Gasteiger partial charge in [0.2, 0.25) is 0 Å². The van der Waals surface area contributed by atoms with Crippen LogP contribution in [-0.2, 0) is 28.6 Å². The summed E-state index contributed by atoms with van der Waals surface area (Å²) in [6.45, 7) is 9.10. The van der Waals surface area contributed by atoms with Crippen molar-refractivity contribution in [3.8, 4) is 0 Å². The Morgan fingerprint density at radius 3 is 0.700 bits per heavy atom. The lowest BCUT2D eigenvalue weighted by atomic mass is 10.0. The van der Waals surface area contributed by atoms with Gasteiger partial charge in [0, 0.05) is 19.3 Å². The van der Waals surface area contributed by atoms with Crippen molar-refractivity contribution in [1.82, 2.24) is 0 Å². The molecule has 0 heterocycles. The first-order chi connectivity index (χ1) is 34.4. The third kappa shape index (κ3) is 57.3. The molecule has 0 aliphatic carbocycles. The van der Waals surface area contributed by atoms with Gasteiger partial charge >= 0.3 is 17.9 Å². The van der Waals surface area contributed by atoms with Crippen LogP contribution in [0.15, 0.2) is 0 Å². The lowest BCUT2D eigenvalue weighted by Crippen LogP contribution is -2.30. The van der Waals surface area contributed by atoms with Crippen molar-refractivity contribution < 1.29 is 28.6 Å². The zero-order chi connectivity index (χ0) is 50.9. The van der Waals surface area contributed by atoms with E-state index in [2.05, 4.69) is 27.7 Å². The number of hydrogen-bond donors (Lipinski definition) is 0. The Kier molecular flexibility index (Phi) is 57.0. The van der Waals surface area contributed by atoms with Gasteiger partial charge in [-0.05, 0) is 25.2 Å². The average Bonchev–Trinajstić information content (AvgIpc) is 3.35. The van der Waals surface area contributed by atoms with Crippen LogP contribution in [0, 0.1) is 5.92 Å². The maximum absolute atomic E-state index is 12.9. The molecule has 6 heteroatoms. The topological polar surface area (TPSA) is 78.9 Å². The minimum Gasteiger partial charge on any atom is -0.462 e. The molecule has 0 N–H and O–H groups in total. The van der Waals surface area contributed by atoms with E-state index in [1.54, 1.807) is 0 Å². The van der Waals surface area contributed by atoms with Crippen LogP contribution < -0.4 is 0 Å². The predicted octanol–water partition coefficient (Wildman–Crippen LogP) is 21.4. The highest BCUT2D eigenvalue weighted by atomic mass is 16.6. The van der Waals surface area contributed by atoms with Gasteiger partial charge < -0.3 is 14.2 Å². The van der Waals surface area contributed by atoms with Gasteiger partial charge in [0.15, 0.2) is 6.10 Å². The molecule has 0 radical (unpaired) electrons. The standard InChI is InChI=1S/C64H124O6/c1-5-7-9-11-13-15-17-19-21-22-23-29-33-37-41-45-49-53-57-64(67)70-61(58-68-62(65)55-51-47-43-39-35-31-26-20-18-16-14-12-10-8-6-2)59-69-63(66)56-52-48-44-40-36-32-28-25-24-27-30-34-38-42-46-50-54-60(3)4/h60-61H,5-59H2,1-4H3/t61-/m0/s1. The van der Waals surface area contributed by atoms with Gasteiger partial charge in [-0.3, -0.25) is 14.4 Å². The molecule has 0 amide bonds. The fourth-order valence-electron chi connectivity index (χ4n) is 9.99. The molecule has 0 aromatic heterocycles. The monoisotopic (exact) mass is 989 g/mol. The maximum Gasteiger partial charge on any atom is 0.306 e. The van der Waals surface area contributed by atoms with Gasteiger partial charge in [-0.25, -0.2) is 0 Å². The fraction of sp³-hybridized carbons (Fsp3) is 0.953. The van der Waals surface area contributed by atoms with Crippen LogP contribution in [0.2, 0.25) is 0 Å². The summed E-state index contributed by atoms with van der Waals surface area (Å²) >= 11 is 0. The highest BCUT2D eigenvalue weighted by molar-refractivity contribution is 5.71. The summed E-state index contributed by atoms with van der Waals surface area (Å²) in [4.78, 5) is 38.3. The first-order valence-electron chi connectivity index (χ1n) is 31.9. The highest BCUT2D eigenvalue weighted by Crippen LogP contribution is 2.19. The van der Waals surface area contributed by atoms with E-state index in [4.69, 9.17) is 14.2 Å². The Balaban J connectivity index is 4.28. The fourth-order valence-corrected chi connectivity index (χ4v) is 9.99. The van der Waals surface area contributed by atoms with Crippen LogP contribution in [0.4, 0.5) is 0 Å². The molecule has 0 aliphatic heterocycles. The minimum absolute atomic E-state index is 0.0611. The first-order valence-corrected chi connectivity index (χ1v) is 31.9. The summed E-state index contributed by atoms with van der Waals surface area (Å²) in [5, 5.41) is 0. The van der Waals surface area contributed by atoms with Crippen LogP contribution in [0.1, 0.15) is 368 Å². The first kappa shape index (κ1) is 68.4. The third-order valence-corrected chi connectivity index (χ3v) is 14.8. The van der Waals surface area contributed by atoms with Crippen LogP contribution >= 0.6 is 0 Å². The van der Waals surface area contributed by atoms with E-state index in [1.807, 2.05) is 0 Å². The summed E-state index contributed by atoms with van der Waals surface area (Å²) in [5.41, 5.74) is 0. The van der Waals surface area contributed by atoms with Gasteiger partial charge in [-0.15, -0.1) is 0 Å². The largest absolute Gasteiger partial charge is 0.462 e. The van der Waals surface area contributed by atoms with Gasteiger partial charge in [0.1, 0.15) is 13.2 Å². The Morgan fingerprint density at radius 2 is 0.471 bits per heavy atom. The second kappa shape index (κ2) is 58.3.